The van der Waals surface area contributed by atoms with Crippen molar-refractivity contribution in [2.45, 2.75) is 6.92 Å². The monoisotopic (exact) mass is 302 g/mol. The summed E-state index contributed by atoms with van der Waals surface area (Å²) in [5.41, 5.74) is 3.64. The number of carbonyl (C=O) groups is 1. The predicted molar refractivity (Wildman–Crippen MR) is 84.1 cm³/mol. The van der Waals surface area contributed by atoms with E-state index in [2.05, 4.69) is 10.5 Å². The number of ether oxygens (including phenoxy) is 1. The van der Waals surface area contributed by atoms with Gasteiger partial charge in [0.2, 0.25) is 0 Å². The van der Waals surface area contributed by atoms with Gasteiger partial charge in [0.05, 0.1) is 18.4 Å². The Morgan fingerprint density at radius 1 is 1.24 bits per heavy atom. The Labute approximate surface area is 128 Å². The number of nitrogens with one attached hydrogen (secondary N) is 1. The summed E-state index contributed by atoms with van der Waals surface area (Å²) in [6, 6.07) is 14.3. The zero-order valence-corrected chi connectivity index (χ0v) is 12.3. The molecule has 0 aromatic heterocycles. The number of para-hydroxylation sites is 1. The first-order chi connectivity index (χ1) is 10.2. The Morgan fingerprint density at radius 2 is 1.95 bits per heavy atom. The number of halogens is 1. The van der Waals surface area contributed by atoms with Crippen molar-refractivity contribution < 1.29 is 9.53 Å². The fraction of sp³-hybridized carbons (Fsp3) is 0.125. The van der Waals surface area contributed by atoms with Crippen molar-refractivity contribution >= 4 is 23.7 Å². The smallest absolute Gasteiger partial charge is 0.275 e. The highest BCUT2D eigenvalue weighted by Crippen LogP contribution is 2.17. The van der Waals surface area contributed by atoms with Crippen molar-refractivity contribution in [2.24, 2.45) is 5.10 Å². The van der Waals surface area contributed by atoms with E-state index < -0.39 is 0 Å². The van der Waals surface area contributed by atoms with Crippen LogP contribution in [0.2, 0.25) is 5.02 Å². The first-order valence-corrected chi connectivity index (χ1v) is 6.90. The lowest BCUT2D eigenvalue weighted by atomic mass is 10.2. The lowest BCUT2D eigenvalue weighted by Gasteiger charge is -2.08. The summed E-state index contributed by atoms with van der Waals surface area (Å²) >= 11 is 6.00. The third-order valence-corrected chi connectivity index (χ3v) is 3.05. The molecule has 0 radical (unpaired) electrons. The van der Waals surface area contributed by atoms with Gasteiger partial charge in [0.25, 0.3) is 5.91 Å². The van der Waals surface area contributed by atoms with Crippen LogP contribution >= 0.6 is 11.6 Å². The summed E-state index contributed by atoms with van der Waals surface area (Å²) in [6.45, 7) is 2.36. The molecule has 4 nitrogen and oxygen atoms in total. The summed E-state index contributed by atoms with van der Waals surface area (Å²) < 4.78 is 5.41. The van der Waals surface area contributed by atoms with Crippen LogP contribution in [-0.4, -0.2) is 18.7 Å². The number of benzene rings is 2. The van der Waals surface area contributed by atoms with Gasteiger partial charge in [-0.05, 0) is 25.1 Å². The Morgan fingerprint density at radius 3 is 2.71 bits per heavy atom. The maximum atomic E-state index is 12.1. The van der Waals surface area contributed by atoms with Gasteiger partial charge in [-0.2, -0.15) is 5.10 Å². The molecule has 0 bridgehead atoms. The van der Waals surface area contributed by atoms with Crippen LogP contribution in [0.15, 0.2) is 53.6 Å². The average Bonchev–Trinajstić information content (AvgIpc) is 2.50. The number of hydrogen-bond acceptors (Lipinski definition) is 3. The number of hydrazone groups is 1. The molecule has 0 unspecified atom stereocenters. The molecule has 2 aromatic rings. The number of hydrogen-bond donors (Lipinski definition) is 1. The van der Waals surface area contributed by atoms with Crippen LogP contribution in [0, 0.1) is 0 Å². The normalized spacial score (nSPS) is 10.6. The molecule has 2 aromatic carbocycles. The predicted octanol–water partition coefficient (Wildman–Crippen LogP) is 3.50. The van der Waals surface area contributed by atoms with Gasteiger partial charge in [-0.25, -0.2) is 5.43 Å². The molecule has 0 aliphatic rings. The maximum absolute atomic E-state index is 12.1. The van der Waals surface area contributed by atoms with Gasteiger partial charge in [0.15, 0.2) is 0 Å². The van der Waals surface area contributed by atoms with Gasteiger partial charge in [0, 0.05) is 10.6 Å². The molecule has 0 atom stereocenters. The molecule has 0 saturated heterocycles. The molecule has 5 heteroatoms. The topological polar surface area (TPSA) is 50.7 Å². The van der Waals surface area contributed by atoms with E-state index in [1.807, 2.05) is 31.2 Å². The van der Waals surface area contributed by atoms with E-state index in [0.29, 0.717) is 22.9 Å². The fourth-order valence-corrected chi connectivity index (χ4v) is 1.92. The first kappa shape index (κ1) is 15.1. The maximum Gasteiger partial charge on any atom is 0.275 e. The number of nitrogens with zero attached hydrogens (tertiary/aromatic N) is 1. The van der Waals surface area contributed by atoms with Crippen molar-refractivity contribution in [1.29, 1.82) is 0 Å². The van der Waals surface area contributed by atoms with E-state index in [9.17, 15) is 4.79 Å². The van der Waals surface area contributed by atoms with Crippen LogP contribution < -0.4 is 10.2 Å². The van der Waals surface area contributed by atoms with Gasteiger partial charge in [-0.3, -0.25) is 4.79 Å². The highest BCUT2D eigenvalue weighted by Gasteiger charge is 2.10. The largest absolute Gasteiger partial charge is 0.493 e. The molecule has 0 saturated carbocycles. The summed E-state index contributed by atoms with van der Waals surface area (Å²) in [7, 11) is 0. The minimum atomic E-state index is -0.331. The van der Waals surface area contributed by atoms with Crippen molar-refractivity contribution in [3.05, 3.63) is 64.7 Å². The van der Waals surface area contributed by atoms with E-state index >= 15 is 0 Å². The molecule has 2 rings (SSSR count). The quantitative estimate of drug-likeness (QED) is 0.679. The van der Waals surface area contributed by atoms with E-state index in [1.165, 1.54) is 6.21 Å². The van der Waals surface area contributed by atoms with Crippen LogP contribution in [0.3, 0.4) is 0 Å². The summed E-state index contributed by atoms with van der Waals surface area (Å²) in [4.78, 5) is 12.1. The van der Waals surface area contributed by atoms with E-state index in [-0.39, 0.29) is 5.91 Å². The Hall–Kier alpha value is -2.33. The molecule has 1 amide bonds. The van der Waals surface area contributed by atoms with Crippen LogP contribution in [-0.2, 0) is 0 Å². The van der Waals surface area contributed by atoms with Gasteiger partial charge < -0.3 is 4.74 Å². The minimum absolute atomic E-state index is 0.331. The molecule has 0 fully saturated rings. The van der Waals surface area contributed by atoms with E-state index in [0.717, 1.165) is 5.56 Å². The molecule has 1 N–H and O–H groups in total. The Bertz CT molecular complexity index is 656. The van der Waals surface area contributed by atoms with Crippen LogP contribution in [0.1, 0.15) is 22.8 Å². The van der Waals surface area contributed by atoms with Crippen LogP contribution in [0.25, 0.3) is 0 Å². The molecule has 0 heterocycles. The number of amides is 1. The van der Waals surface area contributed by atoms with Gasteiger partial charge in [-0.1, -0.05) is 41.9 Å². The highest BCUT2D eigenvalue weighted by molar-refractivity contribution is 6.33. The number of rotatable bonds is 5. The van der Waals surface area contributed by atoms with Crippen molar-refractivity contribution in [3.8, 4) is 5.75 Å². The van der Waals surface area contributed by atoms with Gasteiger partial charge >= 0.3 is 0 Å². The lowest BCUT2D eigenvalue weighted by Crippen LogP contribution is -2.18. The second kappa shape index (κ2) is 7.45. The van der Waals surface area contributed by atoms with Gasteiger partial charge in [-0.15, -0.1) is 0 Å². The lowest BCUT2D eigenvalue weighted by molar-refractivity contribution is 0.0951. The molecular weight excluding hydrogens is 288 g/mol. The first-order valence-electron chi connectivity index (χ1n) is 6.52. The minimum Gasteiger partial charge on any atom is -0.493 e. The van der Waals surface area contributed by atoms with Gasteiger partial charge in [0.1, 0.15) is 5.75 Å². The third-order valence-electron chi connectivity index (χ3n) is 2.71. The molecular formula is C16H15ClN2O2. The summed E-state index contributed by atoms with van der Waals surface area (Å²) in [6.07, 6.45) is 1.50. The molecule has 0 aliphatic heterocycles. The molecule has 0 aliphatic carbocycles. The Balaban J connectivity index is 2.07. The molecule has 21 heavy (non-hydrogen) atoms. The zero-order valence-electron chi connectivity index (χ0n) is 11.5. The standard InChI is InChI=1S/C16H15ClN2O2/c1-2-21-15-10-6-4-8-13(15)16(20)19-18-11-12-7-3-5-9-14(12)17/h3-11H,2H2,1H3,(H,19,20)/b18-11-. The highest BCUT2D eigenvalue weighted by atomic mass is 35.5. The van der Waals surface area contributed by atoms with Crippen molar-refractivity contribution in [1.82, 2.24) is 5.43 Å². The number of carbonyl (C=O) groups excluding carboxylic acids is 1. The van der Waals surface area contributed by atoms with Crippen molar-refractivity contribution in [2.75, 3.05) is 6.61 Å². The second-order valence-corrected chi connectivity index (χ2v) is 4.56. The summed E-state index contributed by atoms with van der Waals surface area (Å²) in [5, 5.41) is 4.49. The zero-order chi connectivity index (χ0) is 15.1. The van der Waals surface area contributed by atoms with Crippen molar-refractivity contribution in [3.63, 3.8) is 0 Å². The average molecular weight is 303 g/mol. The van der Waals surface area contributed by atoms with Crippen LogP contribution in [0.5, 0.6) is 5.75 Å². The third kappa shape index (κ3) is 4.07. The summed E-state index contributed by atoms with van der Waals surface area (Å²) in [5.74, 6) is 0.202. The Kier molecular flexibility index (Phi) is 5.35. The van der Waals surface area contributed by atoms with Crippen LogP contribution in [0.4, 0.5) is 0 Å². The van der Waals surface area contributed by atoms with E-state index in [1.54, 1.807) is 24.3 Å². The SMILES string of the molecule is CCOc1ccccc1C(=O)N/N=C\c1ccccc1Cl. The van der Waals surface area contributed by atoms with E-state index in [4.69, 9.17) is 16.3 Å². The molecule has 0 spiro atoms. The molecule has 108 valence electrons. The fourth-order valence-electron chi connectivity index (χ4n) is 1.74. The second-order valence-electron chi connectivity index (χ2n) is 4.15.